The fraction of sp³-hybridized carbons (Fsp3) is 0.510. The zero-order valence-electron chi connectivity index (χ0n) is 43.9. The number of benzene rings is 2. The lowest BCUT2D eigenvalue weighted by molar-refractivity contribution is -0.144. The molecule has 1 saturated heterocycles. The van der Waals surface area contributed by atoms with E-state index in [1.807, 2.05) is 24.3 Å². The number of halogens is 1. The number of phenolic OH excluding ortho intramolecular Hbond substituents is 1. The second-order valence-corrected chi connectivity index (χ2v) is 21.3. The van der Waals surface area contributed by atoms with Crippen molar-refractivity contribution in [3.63, 3.8) is 0 Å². The first-order valence-corrected chi connectivity index (χ1v) is 27.4. The summed E-state index contributed by atoms with van der Waals surface area (Å²) in [5, 5.41) is 45.2. The summed E-state index contributed by atoms with van der Waals surface area (Å²) in [4.78, 5) is 135. The summed E-state index contributed by atoms with van der Waals surface area (Å²) in [6.45, 7) is 6.91. The second-order valence-electron chi connectivity index (χ2n) is 19.3. The third-order valence-corrected chi connectivity index (χ3v) is 14.5. The van der Waals surface area contributed by atoms with Crippen LogP contribution in [0.4, 0.5) is 0 Å². The Morgan fingerprint density at radius 3 is 2.01 bits per heavy atom. The first kappa shape index (κ1) is 63.3. The smallest absolute Gasteiger partial charge is 0.327 e. The Hall–Kier alpha value is -7.26. The normalized spacial score (nSPS) is 16.2. The number of phenols is 1. The largest absolute Gasteiger partial charge is 0.508 e. The molecule has 1 aliphatic heterocycles. The Morgan fingerprint density at radius 1 is 0.795 bits per heavy atom. The van der Waals surface area contributed by atoms with E-state index in [0.29, 0.717) is 29.9 Å². The molecular formula is C51H72BrN13O12S. The van der Waals surface area contributed by atoms with Crippen molar-refractivity contribution in [3.05, 3.63) is 82.3 Å². The molecule has 27 heteroatoms. The third kappa shape index (κ3) is 20.3. The molecule has 0 spiro atoms. The lowest BCUT2D eigenvalue weighted by atomic mass is 9.96. The molecule has 3 aromatic rings. The molecule has 0 radical (unpaired) electrons. The van der Waals surface area contributed by atoms with Gasteiger partial charge in [-0.3, -0.25) is 43.3 Å². The highest BCUT2D eigenvalue weighted by atomic mass is 79.9. The van der Waals surface area contributed by atoms with E-state index < -0.39 is 120 Å². The number of aliphatic imine (C=N–C) groups is 1. The number of carbonyl (C=O) groups excluding carboxylic acids is 7. The monoisotopic (exact) mass is 1170 g/mol. The molecule has 9 atom stereocenters. The summed E-state index contributed by atoms with van der Waals surface area (Å²) in [6, 6.07) is 2.76. The summed E-state index contributed by atoms with van der Waals surface area (Å²) < 4.78 is 0.895. The van der Waals surface area contributed by atoms with Gasteiger partial charge >= 0.3 is 11.9 Å². The molecule has 1 aromatic heterocycles. The van der Waals surface area contributed by atoms with Crippen molar-refractivity contribution in [1.82, 2.24) is 46.8 Å². The average molecular weight is 1170 g/mol. The zero-order valence-corrected chi connectivity index (χ0v) is 46.3. The van der Waals surface area contributed by atoms with Gasteiger partial charge in [0.05, 0.1) is 18.8 Å². The predicted molar refractivity (Wildman–Crippen MR) is 293 cm³/mol. The number of H-pyrrole nitrogens is 1. The van der Waals surface area contributed by atoms with Gasteiger partial charge in [-0.25, -0.2) is 9.78 Å². The van der Waals surface area contributed by atoms with Crippen molar-refractivity contribution in [2.24, 2.45) is 34.0 Å². The lowest BCUT2D eigenvalue weighted by Gasteiger charge is -2.32. The fourth-order valence-electron chi connectivity index (χ4n) is 8.31. The van der Waals surface area contributed by atoms with E-state index in [4.69, 9.17) is 17.2 Å². The molecule has 426 valence electrons. The minimum atomic E-state index is -1.51. The summed E-state index contributed by atoms with van der Waals surface area (Å²) >= 11 is 4.71. The Bertz CT molecular complexity index is 2550. The van der Waals surface area contributed by atoms with Crippen LogP contribution in [0.2, 0.25) is 0 Å². The molecule has 7 amide bonds. The number of aromatic nitrogens is 2. The van der Waals surface area contributed by atoms with E-state index in [1.54, 1.807) is 27.7 Å². The number of aromatic hydroxyl groups is 1. The number of carbonyl (C=O) groups is 9. The van der Waals surface area contributed by atoms with E-state index in [0.717, 1.165) is 10.0 Å². The number of amides is 7. The van der Waals surface area contributed by atoms with Crippen LogP contribution in [0.1, 0.15) is 83.0 Å². The molecule has 0 aliphatic carbocycles. The maximum absolute atomic E-state index is 14.6. The molecule has 1 aliphatic rings. The molecule has 2 heterocycles. The molecular weight excluding hydrogens is 1100 g/mol. The van der Waals surface area contributed by atoms with Gasteiger partial charge in [0.1, 0.15) is 48.0 Å². The molecule has 78 heavy (non-hydrogen) atoms. The van der Waals surface area contributed by atoms with Crippen molar-refractivity contribution in [2.45, 2.75) is 133 Å². The first-order valence-electron chi connectivity index (χ1n) is 25.4. The number of thioether (sulfide) groups is 1. The van der Waals surface area contributed by atoms with Gasteiger partial charge in [0.2, 0.25) is 41.4 Å². The van der Waals surface area contributed by atoms with Crippen LogP contribution in [0, 0.1) is 11.8 Å². The first-order chi connectivity index (χ1) is 37.0. The Kier molecular flexibility index (Phi) is 25.3. The predicted octanol–water partition coefficient (Wildman–Crippen LogP) is 0.138. The number of hydrogen-bond donors (Lipinski definition) is 13. The number of guanidine groups is 1. The Balaban J connectivity index is 1.57. The van der Waals surface area contributed by atoms with Crippen LogP contribution in [-0.4, -0.2) is 157 Å². The minimum absolute atomic E-state index is 0.0487. The average Bonchev–Trinajstić information content (AvgIpc) is 4.11. The van der Waals surface area contributed by atoms with Gasteiger partial charge in [0.15, 0.2) is 5.96 Å². The van der Waals surface area contributed by atoms with Gasteiger partial charge in [0, 0.05) is 53.8 Å². The summed E-state index contributed by atoms with van der Waals surface area (Å²) in [5.41, 5.74) is 18.5. The zero-order chi connectivity index (χ0) is 57.6. The van der Waals surface area contributed by atoms with Gasteiger partial charge in [-0.1, -0.05) is 74.3 Å². The number of nitrogens with one attached hydrogen (secondary N) is 7. The Morgan fingerprint density at radius 2 is 1.41 bits per heavy atom. The highest BCUT2D eigenvalue weighted by molar-refractivity contribution is 9.10. The summed E-state index contributed by atoms with van der Waals surface area (Å²) in [6.07, 6.45) is 2.92. The lowest BCUT2D eigenvalue weighted by Crippen LogP contribution is -2.62. The summed E-state index contributed by atoms with van der Waals surface area (Å²) in [5.74, 6) is -9.09. The van der Waals surface area contributed by atoms with Crippen LogP contribution >= 0.6 is 27.7 Å². The van der Waals surface area contributed by atoms with Crippen LogP contribution in [0.5, 0.6) is 5.75 Å². The van der Waals surface area contributed by atoms with Gasteiger partial charge in [-0.2, -0.15) is 11.8 Å². The van der Waals surface area contributed by atoms with Crippen LogP contribution in [0.25, 0.3) is 0 Å². The highest BCUT2D eigenvalue weighted by Gasteiger charge is 2.41. The second kappa shape index (κ2) is 31.2. The van der Waals surface area contributed by atoms with Gasteiger partial charge in [-0.15, -0.1) is 0 Å². The number of carboxylic acids is 2. The SMILES string of the molecule is CC[C@H](C)[C@H](NC(=O)[C@H](Cc1ccc(O)cc1)NC(=O)[C@@H](NC(=O)[C@H](CCCN=C(N)N)NC(=O)[C@@H](N)CC(=O)O)C(C)C)C(=O)N[C@@H](Cc1cnc[nH]1)C(=O)N1CCC[C@H]1C(=O)N[C@@H](CSCc1ccc(Br)cc1)C(=O)O. The van der Waals surface area contributed by atoms with Crippen LogP contribution in [-0.2, 0) is 61.7 Å². The van der Waals surface area contributed by atoms with Crippen LogP contribution in [0.15, 0.2) is 70.5 Å². The molecule has 0 unspecified atom stereocenters. The van der Waals surface area contributed by atoms with Gasteiger partial charge in [-0.05, 0) is 72.9 Å². The molecule has 25 nitrogen and oxygen atoms in total. The van der Waals surface area contributed by atoms with E-state index in [9.17, 15) is 58.5 Å². The minimum Gasteiger partial charge on any atom is -0.508 e. The number of carboxylic acid groups (broad SMARTS) is 2. The van der Waals surface area contributed by atoms with Gasteiger partial charge in [0.25, 0.3) is 0 Å². The van der Waals surface area contributed by atoms with E-state index >= 15 is 0 Å². The molecule has 1 fully saturated rings. The van der Waals surface area contributed by atoms with Crippen LogP contribution < -0.4 is 49.1 Å². The summed E-state index contributed by atoms with van der Waals surface area (Å²) in [7, 11) is 0. The van der Waals surface area contributed by atoms with Gasteiger partial charge < -0.3 is 74.3 Å². The molecule has 16 N–H and O–H groups in total. The maximum atomic E-state index is 14.6. The van der Waals surface area contributed by atoms with E-state index in [2.05, 4.69) is 62.8 Å². The maximum Gasteiger partial charge on any atom is 0.327 e. The molecule has 2 aromatic carbocycles. The number of imidazole rings is 1. The topological polar surface area (TPSA) is 409 Å². The van der Waals surface area contributed by atoms with Crippen LogP contribution in [0.3, 0.4) is 0 Å². The fourth-order valence-corrected chi connectivity index (χ4v) is 9.59. The standard InChI is InChI=1S/C51H72BrN13O12S/c1-5-28(4)42(48(74)61-37(21-32-23-56-26-58-32)49(75)65-19-7-9-39(65)46(72)62-38(50(76)77)25-78-24-30-10-14-31(52)15-11-30)64-45(71)36(20-29-12-16-33(66)17-13-29)60-47(73)41(27(2)3)63-44(70)35(8-6-18-57-51(54)55)59-43(69)34(53)22-40(67)68/h10-17,23,26-28,34-39,41-42,66H,5-9,18-22,24-25,53H2,1-4H3,(H,56,58)(H,59,69)(H,60,73)(H,61,74)(H,62,72)(H,63,70)(H,64,71)(H,67,68)(H,76,77)(H4,54,55,57)/t28-,34-,35-,36-,37-,38-,39-,41-,42-/m0/s1. The number of aromatic amines is 1. The quantitative estimate of drug-likeness (QED) is 0.0231. The van der Waals surface area contributed by atoms with Crippen molar-refractivity contribution in [2.75, 3.05) is 18.8 Å². The van der Waals surface area contributed by atoms with E-state index in [1.165, 1.54) is 53.5 Å². The number of rotatable bonds is 31. The molecule has 0 saturated carbocycles. The molecule has 4 rings (SSSR count). The van der Waals surface area contributed by atoms with Crippen molar-refractivity contribution >= 4 is 86.9 Å². The van der Waals surface area contributed by atoms with E-state index in [-0.39, 0.29) is 62.7 Å². The number of aliphatic carboxylic acids is 2. The van der Waals surface area contributed by atoms with Crippen molar-refractivity contribution in [1.29, 1.82) is 0 Å². The number of nitrogens with zero attached hydrogens (tertiary/aromatic N) is 3. The Labute approximate surface area is 464 Å². The van der Waals surface area contributed by atoms with Crippen molar-refractivity contribution in [3.8, 4) is 5.75 Å². The highest BCUT2D eigenvalue weighted by Crippen LogP contribution is 2.22. The number of likely N-dealkylation sites (tertiary alicyclic amines) is 1. The number of nitrogens with two attached hydrogens (primary N) is 3. The number of hydrogen-bond acceptors (Lipinski definition) is 14. The third-order valence-electron chi connectivity index (χ3n) is 12.9. The molecule has 0 bridgehead atoms. The van der Waals surface area contributed by atoms with Crippen molar-refractivity contribution < 1.29 is 58.5 Å².